The predicted molar refractivity (Wildman–Crippen MR) is 79.1 cm³/mol. The van der Waals surface area contributed by atoms with E-state index in [1.807, 2.05) is 13.2 Å². The number of Topliss-reactive ketones (excluding diaryl/α,β-unsaturated/α-hetero) is 1. The Bertz CT molecular complexity index is 334. The molecule has 110 valence electrons. The smallest absolute Gasteiger partial charge is 0.303 e. The van der Waals surface area contributed by atoms with E-state index in [4.69, 9.17) is 5.11 Å². The SMILES string of the molecule is Br.CC1N(C)C=CN1CCCCC(=O)CCC(=O)O. The van der Waals surface area contributed by atoms with Crippen molar-refractivity contribution in [2.45, 2.75) is 45.2 Å². The molecule has 0 aromatic rings. The van der Waals surface area contributed by atoms with Crippen molar-refractivity contribution in [2.75, 3.05) is 13.6 Å². The lowest BCUT2D eigenvalue weighted by Gasteiger charge is -2.26. The third-order valence-electron chi connectivity index (χ3n) is 3.30. The Morgan fingerprint density at radius 2 is 1.84 bits per heavy atom. The minimum absolute atomic E-state index is 0. The van der Waals surface area contributed by atoms with Crippen molar-refractivity contribution in [2.24, 2.45) is 0 Å². The van der Waals surface area contributed by atoms with Gasteiger partial charge in [0.05, 0.1) is 12.6 Å². The third kappa shape index (κ3) is 6.61. The molecule has 1 unspecified atom stereocenters. The van der Waals surface area contributed by atoms with Crippen LogP contribution in [-0.4, -0.2) is 46.4 Å². The third-order valence-corrected chi connectivity index (χ3v) is 3.30. The number of unbranched alkanes of at least 4 members (excludes halogenated alkanes) is 1. The van der Waals surface area contributed by atoms with E-state index in [1.54, 1.807) is 0 Å². The Morgan fingerprint density at radius 1 is 1.16 bits per heavy atom. The normalized spacial score (nSPS) is 17.5. The average molecular weight is 335 g/mol. The fraction of sp³-hybridized carbons (Fsp3) is 0.692. The van der Waals surface area contributed by atoms with Gasteiger partial charge >= 0.3 is 5.97 Å². The molecule has 1 aliphatic rings. The van der Waals surface area contributed by atoms with Crippen LogP contribution in [0.4, 0.5) is 0 Å². The van der Waals surface area contributed by atoms with Crippen molar-refractivity contribution in [3.8, 4) is 0 Å². The van der Waals surface area contributed by atoms with Gasteiger partial charge in [-0.3, -0.25) is 9.59 Å². The molecule has 0 radical (unpaired) electrons. The van der Waals surface area contributed by atoms with E-state index >= 15 is 0 Å². The summed E-state index contributed by atoms with van der Waals surface area (Å²) in [6.45, 7) is 3.08. The number of carboxylic acid groups (broad SMARTS) is 1. The summed E-state index contributed by atoms with van der Waals surface area (Å²) in [5.74, 6) is -0.845. The summed E-state index contributed by atoms with van der Waals surface area (Å²) < 4.78 is 0. The molecule has 1 rings (SSSR count). The number of nitrogens with zero attached hydrogens (tertiary/aromatic N) is 2. The summed E-state index contributed by atoms with van der Waals surface area (Å²) in [6.07, 6.45) is 6.90. The highest BCUT2D eigenvalue weighted by atomic mass is 79.9. The van der Waals surface area contributed by atoms with E-state index in [1.165, 1.54) is 0 Å². The van der Waals surface area contributed by atoms with Crippen LogP contribution in [0.3, 0.4) is 0 Å². The second-order valence-corrected chi connectivity index (χ2v) is 4.72. The predicted octanol–water partition coefficient (Wildman–Crippen LogP) is 2.23. The lowest BCUT2D eigenvalue weighted by atomic mass is 10.1. The number of carboxylic acids is 1. The fourth-order valence-corrected chi connectivity index (χ4v) is 1.92. The second-order valence-electron chi connectivity index (χ2n) is 4.72. The van der Waals surface area contributed by atoms with E-state index < -0.39 is 5.97 Å². The van der Waals surface area contributed by atoms with E-state index in [0.717, 1.165) is 19.4 Å². The molecule has 1 atom stereocenters. The number of halogens is 1. The van der Waals surface area contributed by atoms with Gasteiger partial charge in [0.1, 0.15) is 5.78 Å². The molecule has 0 amide bonds. The van der Waals surface area contributed by atoms with Gasteiger partial charge in [-0.05, 0) is 19.8 Å². The van der Waals surface area contributed by atoms with E-state index in [2.05, 4.69) is 22.9 Å². The van der Waals surface area contributed by atoms with Crippen molar-refractivity contribution in [3.63, 3.8) is 0 Å². The van der Waals surface area contributed by atoms with Crippen LogP contribution in [0.25, 0.3) is 0 Å². The minimum atomic E-state index is -0.901. The van der Waals surface area contributed by atoms with Crippen LogP contribution in [0, 0.1) is 0 Å². The van der Waals surface area contributed by atoms with Crippen molar-refractivity contribution >= 4 is 28.7 Å². The Labute approximate surface area is 125 Å². The molecule has 0 aromatic carbocycles. The highest BCUT2D eigenvalue weighted by Gasteiger charge is 2.17. The van der Waals surface area contributed by atoms with Gasteiger partial charge in [-0.1, -0.05) is 0 Å². The topological polar surface area (TPSA) is 60.9 Å². The van der Waals surface area contributed by atoms with Gasteiger partial charge in [-0.2, -0.15) is 0 Å². The molecule has 0 aliphatic carbocycles. The van der Waals surface area contributed by atoms with Gasteiger partial charge in [0.2, 0.25) is 0 Å². The Morgan fingerprint density at radius 3 is 2.37 bits per heavy atom. The van der Waals surface area contributed by atoms with Gasteiger partial charge in [0, 0.05) is 38.8 Å². The molecule has 0 saturated carbocycles. The molecule has 5 nitrogen and oxygen atoms in total. The standard InChI is InChI=1S/C13H22N2O3.BrH/c1-11-14(2)9-10-15(11)8-4-3-5-12(16)6-7-13(17)18;/h9-11H,3-8H2,1-2H3,(H,17,18);1H. The van der Waals surface area contributed by atoms with Gasteiger partial charge in [0.25, 0.3) is 0 Å². The summed E-state index contributed by atoms with van der Waals surface area (Å²) in [4.78, 5) is 26.0. The number of carbonyl (C=O) groups excluding carboxylic acids is 1. The zero-order valence-electron chi connectivity index (χ0n) is 11.5. The molecule has 1 heterocycles. The van der Waals surface area contributed by atoms with Gasteiger partial charge in [0.15, 0.2) is 0 Å². The van der Waals surface area contributed by atoms with Crippen LogP contribution in [-0.2, 0) is 9.59 Å². The van der Waals surface area contributed by atoms with Crippen LogP contribution in [0.1, 0.15) is 39.0 Å². The molecule has 0 spiro atoms. The van der Waals surface area contributed by atoms with Crippen molar-refractivity contribution < 1.29 is 14.7 Å². The van der Waals surface area contributed by atoms with E-state index in [0.29, 0.717) is 12.6 Å². The summed E-state index contributed by atoms with van der Waals surface area (Å²) in [5, 5.41) is 8.46. The number of rotatable bonds is 8. The summed E-state index contributed by atoms with van der Waals surface area (Å²) in [7, 11) is 2.04. The number of carbonyl (C=O) groups is 2. The summed E-state index contributed by atoms with van der Waals surface area (Å²) >= 11 is 0. The number of ketones is 1. The fourth-order valence-electron chi connectivity index (χ4n) is 1.92. The van der Waals surface area contributed by atoms with E-state index in [9.17, 15) is 9.59 Å². The molecule has 0 saturated heterocycles. The van der Waals surface area contributed by atoms with Gasteiger partial charge < -0.3 is 14.9 Å². The molecular weight excluding hydrogens is 312 g/mol. The Kier molecular flexibility index (Phi) is 8.47. The molecule has 0 fully saturated rings. The maximum atomic E-state index is 11.4. The summed E-state index contributed by atoms with van der Waals surface area (Å²) in [6, 6.07) is 0. The first kappa shape index (κ1) is 18.0. The van der Waals surface area contributed by atoms with Crippen LogP contribution >= 0.6 is 17.0 Å². The zero-order valence-corrected chi connectivity index (χ0v) is 13.3. The lowest BCUT2D eigenvalue weighted by Crippen LogP contribution is -2.34. The molecule has 1 aliphatic heterocycles. The van der Waals surface area contributed by atoms with Gasteiger partial charge in [-0.25, -0.2) is 0 Å². The van der Waals surface area contributed by atoms with Crippen LogP contribution in [0.15, 0.2) is 12.4 Å². The lowest BCUT2D eigenvalue weighted by molar-refractivity contribution is -0.138. The van der Waals surface area contributed by atoms with Crippen molar-refractivity contribution in [1.82, 2.24) is 9.80 Å². The first-order valence-corrected chi connectivity index (χ1v) is 6.40. The minimum Gasteiger partial charge on any atom is -0.481 e. The van der Waals surface area contributed by atoms with Crippen LogP contribution in [0.2, 0.25) is 0 Å². The maximum Gasteiger partial charge on any atom is 0.303 e. The Hall–Kier alpha value is -1.04. The monoisotopic (exact) mass is 334 g/mol. The molecule has 1 N–H and O–H groups in total. The maximum absolute atomic E-state index is 11.4. The van der Waals surface area contributed by atoms with Crippen LogP contribution in [0.5, 0.6) is 0 Å². The number of hydrogen-bond donors (Lipinski definition) is 1. The largest absolute Gasteiger partial charge is 0.481 e. The molecule has 6 heteroatoms. The second kappa shape index (κ2) is 8.96. The van der Waals surface area contributed by atoms with Crippen molar-refractivity contribution in [1.29, 1.82) is 0 Å². The zero-order chi connectivity index (χ0) is 13.5. The van der Waals surface area contributed by atoms with Gasteiger partial charge in [-0.15, -0.1) is 17.0 Å². The average Bonchev–Trinajstić information content (AvgIpc) is 2.63. The quantitative estimate of drug-likeness (QED) is 0.690. The first-order chi connectivity index (χ1) is 8.50. The molecule has 0 bridgehead atoms. The van der Waals surface area contributed by atoms with Crippen molar-refractivity contribution in [3.05, 3.63) is 12.4 Å². The summed E-state index contributed by atoms with van der Waals surface area (Å²) in [5.41, 5.74) is 0. The molecule has 0 aromatic heterocycles. The van der Waals surface area contributed by atoms with E-state index in [-0.39, 0.29) is 35.6 Å². The first-order valence-electron chi connectivity index (χ1n) is 6.40. The number of aliphatic carboxylic acids is 1. The van der Waals surface area contributed by atoms with Crippen LogP contribution < -0.4 is 0 Å². The molecular formula is C13H23BrN2O3. The number of hydrogen-bond acceptors (Lipinski definition) is 4. The Balaban J connectivity index is 0.00000324. The highest BCUT2D eigenvalue weighted by molar-refractivity contribution is 8.93. The molecule has 19 heavy (non-hydrogen) atoms. The highest BCUT2D eigenvalue weighted by Crippen LogP contribution is 2.14.